The number of rotatable bonds is 4. The lowest BCUT2D eigenvalue weighted by Gasteiger charge is -2.32. The third-order valence-electron chi connectivity index (χ3n) is 4.46. The molecule has 0 spiro atoms. The molecular weight excluding hydrogens is 326 g/mol. The van der Waals surface area contributed by atoms with E-state index in [1.165, 1.54) is 21.1 Å². The van der Waals surface area contributed by atoms with Crippen molar-refractivity contribution >= 4 is 21.6 Å². The molecule has 0 aliphatic carbocycles. The third-order valence-corrected chi connectivity index (χ3v) is 6.23. The number of fused-ring (bicyclic) bond motifs is 1. The number of aromatic nitrogens is 1. The van der Waals surface area contributed by atoms with E-state index in [2.05, 4.69) is 0 Å². The molecule has 1 amide bonds. The van der Waals surface area contributed by atoms with Crippen molar-refractivity contribution in [3.05, 3.63) is 47.3 Å². The van der Waals surface area contributed by atoms with E-state index in [0.29, 0.717) is 6.54 Å². The number of carbonyl (C=O) groups excluding carboxylic acids is 1. The summed E-state index contributed by atoms with van der Waals surface area (Å²) in [4.78, 5) is 11.5. The van der Waals surface area contributed by atoms with Crippen molar-refractivity contribution in [2.75, 3.05) is 10.8 Å². The van der Waals surface area contributed by atoms with Crippen molar-refractivity contribution in [3.63, 3.8) is 0 Å². The second kappa shape index (κ2) is 5.98. The predicted molar refractivity (Wildman–Crippen MR) is 92.6 cm³/mol. The number of anilines is 1. The molecule has 0 atom stereocenters. The van der Waals surface area contributed by atoms with Crippen LogP contribution >= 0.6 is 0 Å². The van der Waals surface area contributed by atoms with Crippen LogP contribution in [0.15, 0.2) is 35.4 Å². The van der Waals surface area contributed by atoms with Crippen LogP contribution in [0.3, 0.4) is 0 Å². The summed E-state index contributed by atoms with van der Waals surface area (Å²) < 4.78 is 29.3. The second-order valence-electron chi connectivity index (χ2n) is 6.00. The van der Waals surface area contributed by atoms with Crippen LogP contribution in [-0.2, 0) is 29.9 Å². The van der Waals surface area contributed by atoms with E-state index in [-0.39, 0.29) is 10.6 Å². The van der Waals surface area contributed by atoms with E-state index in [4.69, 9.17) is 5.73 Å². The van der Waals surface area contributed by atoms with Gasteiger partial charge in [0.25, 0.3) is 15.9 Å². The topological polar surface area (TPSA) is 85.4 Å². The van der Waals surface area contributed by atoms with Gasteiger partial charge in [-0.05, 0) is 36.5 Å². The minimum absolute atomic E-state index is 0.0950. The molecular formula is C17H21N3O3S. The Morgan fingerprint density at radius 2 is 2.08 bits per heavy atom. The average molecular weight is 347 g/mol. The Labute approximate surface area is 141 Å². The predicted octanol–water partition coefficient (Wildman–Crippen LogP) is 1.83. The number of para-hydroxylation sites is 1. The van der Waals surface area contributed by atoms with Crippen molar-refractivity contribution < 1.29 is 13.2 Å². The lowest BCUT2D eigenvalue weighted by Crippen LogP contribution is -2.36. The SMILES string of the molecule is CCc1cccc2c1N(S(=O)(=O)c1cc(C(N)=O)n(C)c1)CCC2. The van der Waals surface area contributed by atoms with Gasteiger partial charge >= 0.3 is 0 Å². The zero-order chi connectivity index (χ0) is 17.5. The van der Waals surface area contributed by atoms with Gasteiger partial charge in [0.2, 0.25) is 0 Å². The number of hydrogen-bond donors (Lipinski definition) is 1. The minimum atomic E-state index is -3.74. The molecule has 1 aromatic carbocycles. The molecule has 2 heterocycles. The number of benzene rings is 1. The monoisotopic (exact) mass is 347 g/mol. The summed E-state index contributed by atoms with van der Waals surface area (Å²) in [6, 6.07) is 7.27. The van der Waals surface area contributed by atoms with E-state index >= 15 is 0 Å². The number of sulfonamides is 1. The minimum Gasteiger partial charge on any atom is -0.364 e. The van der Waals surface area contributed by atoms with Gasteiger partial charge in [0.1, 0.15) is 10.6 Å². The first kappa shape index (κ1) is 16.6. The summed E-state index contributed by atoms with van der Waals surface area (Å²) >= 11 is 0. The maximum absolute atomic E-state index is 13.2. The van der Waals surface area contributed by atoms with Gasteiger partial charge in [0.15, 0.2) is 0 Å². The lowest BCUT2D eigenvalue weighted by atomic mass is 9.98. The van der Waals surface area contributed by atoms with E-state index < -0.39 is 15.9 Å². The van der Waals surface area contributed by atoms with Gasteiger partial charge in [-0.1, -0.05) is 25.1 Å². The fourth-order valence-electron chi connectivity index (χ4n) is 3.26. The van der Waals surface area contributed by atoms with Gasteiger partial charge in [0, 0.05) is 19.8 Å². The van der Waals surface area contributed by atoms with Gasteiger partial charge in [-0.15, -0.1) is 0 Å². The van der Waals surface area contributed by atoms with Crippen LogP contribution in [0.4, 0.5) is 5.69 Å². The maximum Gasteiger partial charge on any atom is 0.265 e. The highest BCUT2D eigenvalue weighted by atomic mass is 32.2. The zero-order valence-electron chi connectivity index (χ0n) is 13.8. The standard InChI is InChI=1S/C17H21N3O3S/c1-3-12-6-4-7-13-8-5-9-20(16(12)13)24(22,23)14-10-15(17(18)21)19(2)11-14/h4,6-7,10-11H,3,5,8-9H2,1-2H3,(H2,18,21). The summed E-state index contributed by atoms with van der Waals surface area (Å²) in [5, 5.41) is 0. The highest BCUT2D eigenvalue weighted by Crippen LogP contribution is 2.35. The fraction of sp³-hybridized carbons (Fsp3) is 0.353. The Morgan fingerprint density at radius 1 is 1.33 bits per heavy atom. The Morgan fingerprint density at radius 3 is 2.71 bits per heavy atom. The van der Waals surface area contributed by atoms with Crippen molar-refractivity contribution in [3.8, 4) is 0 Å². The third kappa shape index (κ3) is 2.58. The summed E-state index contributed by atoms with van der Waals surface area (Å²) in [6.45, 7) is 2.45. The molecule has 24 heavy (non-hydrogen) atoms. The average Bonchev–Trinajstić information content (AvgIpc) is 2.96. The van der Waals surface area contributed by atoms with Gasteiger partial charge in [-0.25, -0.2) is 8.42 Å². The number of amides is 1. The molecule has 128 valence electrons. The molecule has 0 bridgehead atoms. The van der Waals surface area contributed by atoms with E-state index in [1.807, 2.05) is 25.1 Å². The first-order chi connectivity index (χ1) is 11.4. The number of nitrogens with two attached hydrogens (primary N) is 1. The van der Waals surface area contributed by atoms with E-state index in [0.717, 1.165) is 36.1 Å². The van der Waals surface area contributed by atoms with Crippen LogP contribution in [-0.4, -0.2) is 25.4 Å². The molecule has 0 unspecified atom stereocenters. The van der Waals surface area contributed by atoms with Gasteiger partial charge < -0.3 is 10.3 Å². The zero-order valence-corrected chi connectivity index (χ0v) is 14.6. The number of hydrogen-bond acceptors (Lipinski definition) is 3. The molecule has 3 rings (SSSR count). The molecule has 7 heteroatoms. The molecule has 6 nitrogen and oxygen atoms in total. The first-order valence-corrected chi connectivity index (χ1v) is 9.40. The van der Waals surface area contributed by atoms with Crippen LogP contribution in [0.5, 0.6) is 0 Å². The molecule has 1 aromatic heterocycles. The maximum atomic E-state index is 13.2. The van der Waals surface area contributed by atoms with Crippen LogP contribution in [0, 0.1) is 0 Å². The molecule has 1 aliphatic rings. The molecule has 2 N–H and O–H groups in total. The molecule has 0 radical (unpaired) electrons. The van der Waals surface area contributed by atoms with Crippen LogP contribution < -0.4 is 10.0 Å². The largest absolute Gasteiger partial charge is 0.364 e. The quantitative estimate of drug-likeness (QED) is 0.915. The summed E-state index contributed by atoms with van der Waals surface area (Å²) in [7, 11) is -2.13. The van der Waals surface area contributed by atoms with Gasteiger partial charge in [-0.3, -0.25) is 9.10 Å². The fourth-order valence-corrected chi connectivity index (χ4v) is 4.92. The Balaban J connectivity index is 2.13. The van der Waals surface area contributed by atoms with Crippen LogP contribution in [0.1, 0.15) is 35.0 Å². The smallest absolute Gasteiger partial charge is 0.265 e. The lowest BCUT2D eigenvalue weighted by molar-refractivity contribution is 0.0992. The van der Waals surface area contributed by atoms with E-state index in [9.17, 15) is 13.2 Å². The number of carbonyl (C=O) groups is 1. The summed E-state index contributed by atoms with van der Waals surface area (Å²) in [5.74, 6) is -0.646. The van der Waals surface area contributed by atoms with Crippen LogP contribution in [0.25, 0.3) is 0 Å². The Bertz CT molecular complexity index is 886. The summed E-state index contributed by atoms with van der Waals surface area (Å²) in [6.07, 6.45) is 3.85. The number of aryl methyl sites for hydroxylation is 3. The highest BCUT2D eigenvalue weighted by Gasteiger charge is 2.32. The number of primary amides is 1. The molecule has 2 aromatic rings. The van der Waals surface area contributed by atoms with Crippen molar-refractivity contribution in [1.82, 2.24) is 4.57 Å². The normalized spacial score (nSPS) is 14.5. The van der Waals surface area contributed by atoms with E-state index in [1.54, 1.807) is 7.05 Å². The molecule has 0 fully saturated rings. The van der Waals surface area contributed by atoms with Crippen LogP contribution in [0.2, 0.25) is 0 Å². The van der Waals surface area contributed by atoms with Crippen molar-refractivity contribution in [1.29, 1.82) is 0 Å². The van der Waals surface area contributed by atoms with Crippen molar-refractivity contribution in [2.45, 2.75) is 31.1 Å². The molecule has 0 saturated heterocycles. The number of nitrogens with zero attached hydrogens (tertiary/aromatic N) is 2. The first-order valence-electron chi connectivity index (χ1n) is 7.96. The van der Waals surface area contributed by atoms with Crippen molar-refractivity contribution in [2.24, 2.45) is 12.8 Å². The van der Waals surface area contributed by atoms with Gasteiger partial charge in [-0.2, -0.15) is 0 Å². The second-order valence-corrected chi connectivity index (χ2v) is 7.86. The molecule has 0 saturated carbocycles. The summed E-state index contributed by atoms with van der Waals surface area (Å²) in [5.41, 5.74) is 8.33. The Hall–Kier alpha value is -2.28. The highest BCUT2D eigenvalue weighted by molar-refractivity contribution is 7.92. The molecule has 1 aliphatic heterocycles. The Kier molecular flexibility index (Phi) is 4.13. The van der Waals surface area contributed by atoms with Gasteiger partial charge in [0.05, 0.1) is 5.69 Å².